The number of hydrogen-bond donors (Lipinski definition) is 0. The second kappa shape index (κ2) is 14.1. The Morgan fingerprint density at radius 2 is 0.969 bits per heavy atom. The molecular formula is C60H36N2O2S. The number of benzene rings is 10. The van der Waals surface area contributed by atoms with Crippen LogP contribution in [0.1, 0.15) is 0 Å². The molecule has 0 N–H and O–H groups in total. The molecule has 0 aliphatic carbocycles. The molecule has 304 valence electrons. The molecule has 14 rings (SSSR count). The maximum Gasteiger partial charge on any atom is 0.145 e. The van der Waals surface area contributed by atoms with E-state index in [2.05, 4.69) is 210 Å². The fourth-order valence-electron chi connectivity index (χ4n) is 10.3. The predicted octanol–water partition coefficient (Wildman–Crippen LogP) is 17.8. The van der Waals surface area contributed by atoms with Gasteiger partial charge in [-0.1, -0.05) is 146 Å². The van der Waals surface area contributed by atoms with Gasteiger partial charge in [0.05, 0.1) is 27.1 Å². The summed E-state index contributed by atoms with van der Waals surface area (Å²) < 4.78 is 18.4. The quantitative estimate of drug-likeness (QED) is 0.167. The molecule has 0 spiro atoms. The van der Waals surface area contributed by atoms with Crippen LogP contribution in [0.3, 0.4) is 0 Å². The highest BCUT2D eigenvalue weighted by atomic mass is 32.1. The lowest BCUT2D eigenvalue weighted by Gasteiger charge is -2.29. The summed E-state index contributed by atoms with van der Waals surface area (Å²) in [6.07, 6.45) is 0. The van der Waals surface area contributed by atoms with Gasteiger partial charge in [-0.05, 0) is 83.9 Å². The lowest BCUT2D eigenvalue weighted by atomic mass is 9.97. The van der Waals surface area contributed by atoms with Gasteiger partial charge in [0.25, 0.3) is 0 Å². The summed E-state index contributed by atoms with van der Waals surface area (Å²) in [6, 6.07) is 78.4. The Labute approximate surface area is 377 Å². The second-order valence-corrected chi connectivity index (χ2v) is 17.8. The molecule has 14 aromatic rings. The highest BCUT2D eigenvalue weighted by Crippen LogP contribution is 2.51. The number of para-hydroxylation sites is 5. The molecule has 0 saturated heterocycles. The van der Waals surface area contributed by atoms with E-state index in [0.29, 0.717) is 0 Å². The number of furan rings is 2. The smallest absolute Gasteiger partial charge is 0.145 e. The Kier molecular flexibility index (Phi) is 7.82. The highest BCUT2D eigenvalue weighted by molar-refractivity contribution is 7.26. The van der Waals surface area contributed by atoms with Crippen LogP contribution in [-0.4, -0.2) is 4.57 Å². The third kappa shape index (κ3) is 5.43. The Bertz CT molecular complexity index is 4150. The summed E-state index contributed by atoms with van der Waals surface area (Å²) in [5.41, 5.74) is 14.3. The van der Waals surface area contributed by atoms with E-state index in [9.17, 15) is 0 Å². The Morgan fingerprint density at radius 1 is 0.385 bits per heavy atom. The van der Waals surface area contributed by atoms with Gasteiger partial charge in [-0.3, -0.25) is 0 Å². The van der Waals surface area contributed by atoms with Crippen LogP contribution in [0.25, 0.3) is 114 Å². The van der Waals surface area contributed by atoms with Crippen molar-refractivity contribution >= 4 is 114 Å². The minimum atomic E-state index is 0.852. The van der Waals surface area contributed by atoms with E-state index in [-0.39, 0.29) is 0 Å². The van der Waals surface area contributed by atoms with E-state index in [1.807, 2.05) is 29.5 Å². The molecule has 5 heteroatoms. The summed E-state index contributed by atoms with van der Waals surface area (Å²) in [4.78, 5) is 2.45. The van der Waals surface area contributed by atoms with Crippen LogP contribution in [0.4, 0.5) is 17.1 Å². The summed E-state index contributed by atoms with van der Waals surface area (Å²) in [5.74, 6) is 0. The number of fused-ring (bicyclic) bond motifs is 12. The molecule has 0 amide bonds. The van der Waals surface area contributed by atoms with Crippen molar-refractivity contribution in [2.45, 2.75) is 0 Å². The molecule has 0 aliphatic rings. The van der Waals surface area contributed by atoms with Gasteiger partial charge < -0.3 is 18.3 Å². The van der Waals surface area contributed by atoms with Crippen molar-refractivity contribution in [2.24, 2.45) is 0 Å². The molecular weight excluding hydrogens is 813 g/mol. The Morgan fingerprint density at radius 3 is 1.72 bits per heavy atom. The van der Waals surface area contributed by atoms with Gasteiger partial charge in [-0.2, -0.15) is 0 Å². The van der Waals surface area contributed by atoms with E-state index >= 15 is 0 Å². The molecule has 4 aromatic heterocycles. The van der Waals surface area contributed by atoms with Crippen LogP contribution in [0.5, 0.6) is 0 Å². The topological polar surface area (TPSA) is 34.5 Å². The van der Waals surface area contributed by atoms with Crippen LogP contribution in [-0.2, 0) is 0 Å². The number of thiophene rings is 1. The van der Waals surface area contributed by atoms with Gasteiger partial charge >= 0.3 is 0 Å². The maximum absolute atomic E-state index is 6.98. The third-order valence-corrected chi connectivity index (χ3v) is 14.4. The fourth-order valence-corrected chi connectivity index (χ4v) is 11.5. The molecule has 10 aromatic carbocycles. The van der Waals surface area contributed by atoms with Gasteiger partial charge in [-0.15, -0.1) is 11.3 Å². The molecule has 4 nitrogen and oxygen atoms in total. The van der Waals surface area contributed by atoms with Gasteiger partial charge in [0.15, 0.2) is 0 Å². The van der Waals surface area contributed by atoms with Gasteiger partial charge in [-0.25, -0.2) is 0 Å². The molecule has 0 unspecified atom stereocenters. The first-order valence-corrected chi connectivity index (χ1v) is 22.8. The van der Waals surface area contributed by atoms with Crippen molar-refractivity contribution < 1.29 is 8.83 Å². The summed E-state index contributed by atoms with van der Waals surface area (Å²) >= 11 is 1.84. The number of aromatic nitrogens is 1. The summed E-state index contributed by atoms with van der Waals surface area (Å²) in [6.45, 7) is 0. The summed E-state index contributed by atoms with van der Waals surface area (Å²) in [7, 11) is 0. The normalized spacial score (nSPS) is 12.0. The zero-order chi connectivity index (χ0) is 42.6. The van der Waals surface area contributed by atoms with Crippen LogP contribution in [0.2, 0.25) is 0 Å². The van der Waals surface area contributed by atoms with Gasteiger partial charge in [0, 0.05) is 70.3 Å². The van der Waals surface area contributed by atoms with Crippen LogP contribution in [0.15, 0.2) is 227 Å². The van der Waals surface area contributed by atoms with E-state index in [1.165, 1.54) is 42.0 Å². The average Bonchev–Trinajstić information content (AvgIpc) is 4.14. The van der Waals surface area contributed by atoms with Crippen molar-refractivity contribution in [1.82, 2.24) is 4.57 Å². The number of hydrogen-bond acceptors (Lipinski definition) is 4. The molecule has 0 aliphatic heterocycles. The van der Waals surface area contributed by atoms with Crippen molar-refractivity contribution in [3.8, 4) is 27.9 Å². The Balaban J connectivity index is 1.03. The van der Waals surface area contributed by atoms with Crippen molar-refractivity contribution in [1.29, 1.82) is 0 Å². The molecule has 0 atom stereocenters. The first-order valence-electron chi connectivity index (χ1n) is 22.0. The molecule has 0 fully saturated rings. The largest absolute Gasteiger partial charge is 0.455 e. The van der Waals surface area contributed by atoms with Gasteiger partial charge in [0.1, 0.15) is 22.3 Å². The molecule has 0 bridgehead atoms. The Hall–Kier alpha value is -8.38. The number of anilines is 3. The van der Waals surface area contributed by atoms with Crippen LogP contribution < -0.4 is 4.90 Å². The fraction of sp³-hybridized carbons (Fsp3) is 0. The van der Waals surface area contributed by atoms with E-state index in [1.54, 1.807) is 0 Å². The molecule has 65 heavy (non-hydrogen) atoms. The van der Waals surface area contributed by atoms with Crippen molar-refractivity contribution in [2.75, 3.05) is 4.90 Å². The first-order chi connectivity index (χ1) is 32.2. The average molecular weight is 849 g/mol. The van der Waals surface area contributed by atoms with E-state index in [0.717, 1.165) is 88.9 Å². The highest BCUT2D eigenvalue weighted by Gasteiger charge is 2.26. The second-order valence-electron chi connectivity index (χ2n) is 16.8. The molecule has 0 radical (unpaired) electrons. The zero-order valence-corrected chi connectivity index (χ0v) is 35.7. The SMILES string of the molecule is c1cc(-c2cccc3c2oc2ccccc23)cc(N(c2ccc3c(oc4ccccc43)c2-c2ccc(-n3c4ccccc4c4ccccc43)cc2)c2cccc3c2sc2ccccc23)c1. The first kappa shape index (κ1) is 36.1. The maximum atomic E-state index is 6.98. The minimum Gasteiger partial charge on any atom is -0.455 e. The lowest BCUT2D eigenvalue weighted by Crippen LogP contribution is -2.11. The van der Waals surface area contributed by atoms with Crippen LogP contribution >= 0.6 is 11.3 Å². The van der Waals surface area contributed by atoms with Crippen LogP contribution in [0, 0.1) is 0 Å². The van der Waals surface area contributed by atoms with Crippen molar-refractivity contribution in [3.05, 3.63) is 218 Å². The van der Waals surface area contributed by atoms with Gasteiger partial charge in [0.2, 0.25) is 0 Å². The lowest BCUT2D eigenvalue weighted by molar-refractivity contribution is 0.669. The third-order valence-electron chi connectivity index (χ3n) is 13.2. The summed E-state index contributed by atoms with van der Waals surface area (Å²) in [5, 5.41) is 9.38. The molecule has 4 heterocycles. The number of nitrogens with zero attached hydrogens (tertiary/aromatic N) is 2. The molecule has 0 saturated carbocycles. The van der Waals surface area contributed by atoms with E-state index < -0.39 is 0 Å². The van der Waals surface area contributed by atoms with E-state index in [4.69, 9.17) is 8.83 Å². The van der Waals surface area contributed by atoms with Crippen molar-refractivity contribution in [3.63, 3.8) is 0 Å². The minimum absolute atomic E-state index is 0.852. The predicted molar refractivity (Wildman–Crippen MR) is 274 cm³/mol. The number of rotatable bonds is 6. The monoisotopic (exact) mass is 848 g/mol. The standard InChI is InChI=1S/C60H36N2O2S/c1-6-24-50-42(16-1)43-17-2-7-25-51(43)61(50)39-32-30-37(31-33-39)57-52(35-34-48-45-19-4-9-28-55(45)64-59(48)57)62(53-26-13-23-49-46-20-5-10-29-56(46)65-60(49)53)40-15-11-14-38(36-40)41-21-12-22-47-44-18-3-8-27-54(44)63-58(41)47/h1-36H. The zero-order valence-electron chi connectivity index (χ0n) is 34.9.